The molecular formula is C75H130ClN13O14P2S4. The number of ether oxygens (including phenoxy) is 6. The predicted octanol–water partition coefficient (Wildman–Crippen LogP) is 17.6. The lowest BCUT2D eigenvalue weighted by Gasteiger charge is -2.43. The number of rotatable bonds is 33. The molecule has 2 aromatic carbocycles. The van der Waals surface area contributed by atoms with E-state index in [1.165, 1.54) is 40.3 Å². The van der Waals surface area contributed by atoms with Gasteiger partial charge in [-0.1, -0.05) is 164 Å². The van der Waals surface area contributed by atoms with Gasteiger partial charge in [-0.15, -0.1) is 0 Å². The van der Waals surface area contributed by atoms with Gasteiger partial charge >= 0.3 is 12.2 Å². The number of aliphatic hydroxyl groups excluding tert-OH is 4. The van der Waals surface area contributed by atoms with Gasteiger partial charge in [0.1, 0.15) is 57.9 Å². The van der Waals surface area contributed by atoms with Crippen LogP contribution in [0, 0.1) is 0 Å². The maximum Gasteiger partial charge on any atom is 0.413 e. The van der Waals surface area contributed by atoms with Gasteiger partial charge in [-0.05, 0) is 134 Å². The first-order chi connectivity index (χ1) is 53.1. The van der Waals surface area contributed by atoms with E-state index in [4.69, 9.17) is 59.4 Å². The minimum atomic E-state index is -1.50. The van der Waals surface area contributed by atoms with Crippen LogP contribution >= 0.6 is 70.5 Å². The molecule has 109 heavy (non-hydrogen) atoms. The Hall–Kier alpha value is -3.89. The first kappa shape index (κ1) is 94.0. The molecule has 0 saturated carbocycles. The van der Waals surface area contributed by atoms with Gasteiger partial charge in [-0.2, -0.15) is 0 Å². The third kappa shape index (κ3) is 33.8. The van der Waals surface area contributed by atoms with E-state index in [0.29, 0.717) is 64.5 Å². The Morgan fingerprint density at radius 2 is 1.01 bits per heavy atom. The summed E-state index contributed by atoms with van der Waals surface area (Å²) in [6, 6.07) is 21.0. The number of aromatic nitrogens is 8. The van der Waals surface area contributed by atoms with E-state index < -0.39 is 77.4 Å². The van der Waals surface area contributed by atoms with Crippen molar-refractivity contribution in [1.29, 1.82) is 2.86 Å². The van der Waals surface area contributed by atoms with E-state index in [2.05, 4.69) is 189 Å². The van der Waals surface area contributed by atoms with Crippen LogP contribution < -0.4 is 10.6 Å². The number of nitrogens with zero attached hydrogens (tertiary/aromatic N) is 11. The highest BCUT2D eigenvalue weighted by Gasteiger charge is 2.48. The van der Waals surface area contributed by atoms with Gasteiger partial charge in [-0.3, -0.25) is 29.1 Å². The number of aliphatic hydroxyl groups is 4. The molecule has 620 valence electrons. The van der Waals surface area contributed by atoms with E-state index in [9.17, 15) is 14.7 Å². The van der Waals surface area contributed by atoms with E-state index in [1.807, 2.05) is 104 Å². The number of carbonyl (C=O) groups excluding carboxylic acids is 2. The fourth-order valence-electron chi connectivity index (χ4n) is 10.9. The number of halogens is 1. The lowest BCUT2D eigenvalue weighted by Crippen LogP contribution is -2.41. The number of hydrogen-bond donors (Lipinski definition) is 6. The lowest BCUT2D eigenvalue weighted by atomic mass is 10.1. The summed E-state index contributed by atoms with van der Waals surface area (Å²) in [7, 11) is 11.0. The molecule has 2 aliphatic rings. The molecule has 34 heteroatoms. The minimum absolute atomic E-state index is 0. The molecule has 2 amide bonds. The number of benzene rings is 2. The highest BCUT2D eigenvalue weighted by Crippen LogP contribution is 2.54. The Kier molecular flexibility index (Phi) is 45.3. The molecule has 2 saturated heterocycles. The van der Waals surface area contributed by atoms with Gasteiger partial charge in [-0.25, -0.2) is 44.2 Å². The van der Waals surface area contributed by atoms with Crippen LogP contribution in [0.5, 0.6) is 0 Å². The largest absolute Gasteiger partial charge is 0.444 e. The molecule has 6 N–H and O–H groups in total. The Morgan fingerprint density at radius 3 is 1.39 bits per heavy atom. The molecule has 0 bridgehead atoms. The molecule has 0 spiro atoms. The van der Waals surface area contributed by atoms with Crippen LogP contribution in [-0.4, -0.2) is 224 Å². The zero-order valence-electron chi connectivity index (χ0n) is 71.3. The fraction of sp³-hybridized carbons (Fsp3) is 0.680. The molecule has 0 radical (unpaired) electrons. The first-order valence-corrected chi connectivity index (χ1v) is 44.1. The summed E-state index contributed by atoms with van der Waals surface area (Å²) in [5.41, 5.74) is 3.22. The Bertz CT molecular complexity index is 3480. The number of hydrogen-bond acceptors (Lipinski definition) is 27. The zero-order chi connectivity index (χ0) is 83.8. The van der Waals surface area contributed by atoms with Gasteiger partial charge in [0.15, 0.2) is 46.4 Å². The Labute approximate surface area is 679 Å². The normalized spacial score (nSPS) is 19.3. The summed E-state index contributed by atoms with van der Waals surface area (Å²) in [6.45, 7) is 40.6. The van der Waals surface area contributed by atoms with Crippen LogP contribution in [0.2, 0.25) is 0 Å². The number of unbranched alkanes of at least 4 members (excludes halogenated alkanes) is 2. The highest BCUT2D eigenvalue weighted by atomic mass is 35.7. The monoisotopic (exact) mass is 1670 g/mol. The van der Waals surface area contributed by atoms with Gasteiger partial charge in [0.25, 0.3) is 8.53 Å². The Morgan fingerprint density at radius 1 is 0.615 bits per heavy atom. The lowest BCUT2D eigenvalue weighted by molar-refractivity contribution is -0.0472. The van der Waals surface area contributed by atoms with Crippen molar-refractivity contribution in [3.05, 3.63) is 97.1 Å². The summed E-state index contributed by atoms with van der Waals surface area (Å²) < 4.78 is 85.8. The second kappa shape index (κ2) is 52.6. The number of fused-ring (bicyclic) bond motifs is 2. The molecule has 9 atom stereocenters. The molecule has 6 aromatic rings. The standard InChI is InChI=1S/C33H51N6O6PS2.C19H21N5O5.C12H28ClN2P.C8H18OS2.2CH4O.CH4/c1-22(2)39(23(3)4)46(43-17-13-14-18-47-48-33(6,7)8)45-27-24(5)44-31(28(27)41-9)38-21-36-26-29(34-20-35-30(26)38)37-32(40)42-19-25-15-11-10-12-16-25;1-11-14(25)15(27-2)18(29-11)24-10-22-13-16(20-9-21-17(13)24)23-19(26)28-8-12-6-4-3-5-7-12;1-9(2)14(10(3)4)16(13)15(11(5)6)12(7)8;1-8(2,3)11-10-7-5-4-6-9;2*1-2;/h10-12,15-16,20-24,27-28,31H,13-14,17-19H2,1-9H3,(H,34,35,37,40);3-7,9-11,14-15,18,25H,8H2,1-2H3,(H,20,21,23,26);9-12H,1-8H3;9H,4-7H2,1-3H3;2*2H,1H3;1H4/i5D;1D;;;2*2T;. The van der Waals surface area contributed by atoms with Crippen LogP contribution in [0.25, 0.3) is 22.3 Å². The fourth-order valence-corrected chi connectivity index (χ4v) is 21.4. The van der Waals surface area contributed by atoms with E-state index in [-0.39, 0.29) is 62.9 Å². The molecule has 6 heterocycles. The SMILES string of the molecule is C.CC(C)(C)SSCCCCO.CC(C)N(C(C)C)P(Cl)N(C(C)C)C(C)C.[2H]CC1OC(n2cnc3c(NC(=O)OCc4ccccc4)ncnc32)C(OC)C1O.[2H]CC1OC(n2cnc3c(NC(=O)OCc4ccccc4)ncnc32)C(OC)C1OP(OCCCCSSC(C)(C)C)N(C(C)C)C(C)C.[3H]OC.[3H]OC. The van der Waals surface area contributed by atoms with Crippen LogP contribution in [0.3, 0.4) is 0 Å². The number of methoxy groups -OCH3 is 2. The molecule has 9 unspecified atom stereocenters. The van der Waals surface area contributed by atoms with Crippen molar-refractivity contribution in [2.45, 2.75) is 280 Å². The summed E-state index contributed by atoms with van der Waals surface area (Å²) >= 11 is 6.71. The molecular weight excluding hydrogens is 1530 g/mol. The molecule has 2 fully saturated rings. The maximum absolute atomic E-state index is 12.6. The van der Waals surface area contributed by atoms with Gasteiger partial charge in [0.05, 0.1) is 31.5 Å². The van der Waals surface area contributed by atoms with Crippen molar-refractivity contribution in [2.75, 3.05) is 63.8 Å². The summed E-state index contributed by atoms with van der Waals surface area (Å²) in [5, 5.41) is 31.1. The smallest absolute Gasteiger partial charge is 0.413 e. The average Bonchev–Trinajstić information content (AvgIpc) is 1.62. The highest BCUT2D eigenvalue weighted by molar-refractivity contribution is 8.77. The van der Waals surface area contributed by atoms with Crippen molar-refractivity contribution in [3.8, 4) is 0 Å². The quantitative estimate of drug-likeness (QED) is 0.0127. The minimum Gasteiger partial charge on any atom is -0.444 e. The van der Waals surface area contributed by atoms with Crippen molar-refractivity contribution in [1.82, 2.24) is 53.0 Å². The van der Waals surface area contributed by atoms with Gasteiger partial charge in [0.2, 0.25) is 2.86 Å². The van der Waals surface area contributed by atoms with E-state index in [0.717, 1.165) is 48.3 Å². The Balaban J connectivity index is 0.000000570. The number of imidazole rings is 2. The number of carbonyl (C=O) groups is 2. The number of amides is 2. The van der Waals surface area contributed by atoms with Crippen molar-refractivity contribution in [2.24, 2.45) is 0 Å². The van der Waals surface area contributed by atoms with Crippen LogP contribution in [0.4, 0.5) is 21.2 Å². The number of anilines is 2. The van der Waals surface area contributed by atoms with Gasteiger partial charge < -0.3 is 57.9 Å². The number of nitrogens with one attached hydrogen (secondary N) is 2. The van der Waals surface area contributed by atoms with Gasteiger partial charge in [0, 0.05) is 95.0 Å². The topological polar surface area (TPSA) is 310 Å². The van der Waals surface area contributed by atoms with Crippen LogP contribution in [-0.2, 0) is 50.7 Å². The molecule has 8 rings (SSSR count). The zero-order valence-corrected chi connectivity index (χ0v) is 73.1. The molecule has 4 aromatic heterocycles. The average molecular weight is 1670 g/mol. The third-order valence-corrected chi connectivity index (χ3v) is 27.9. The van der Waals surface area contributed by atoms with Crippen molar-refractivity contribution >= 4 is 117 Å². The van der Waals surface area contributed by atoms with Crippen molar-refractivity contribution in [3.63, 3.8) is 0 Å². The van der Waals surface area contributed by atoms with Crippen LogP contribution in [0.1, 0.15) is 198 Å². The second-order valence-corrected chi connectivity index (χ2v) is 38.4. The molecule has 0 aliphatic carbocycles. The summed E-state index contributed by atoms with van der Waals surface area (Å²) in [6.07, 6.45) is 2.80. The maximum atomic E-state index is 12.6. The van der Waals surface area contributed by atoms with Crippen molar-refractivity contribution < 1.29 is 70.2 Å². The third-order valence-electron chi connectivity index (χ3n) is 15.3. The summed E-state index contributed by atoms with van der Waals surface area (Å²) in [4.78, 5) is 50.6. The molecule has 2 aliphatic heterocycles. The summed E-state index contributed by atoms with van der Waals surface area (Å²) in [5.74, 6) is 2.60. The van der Waals surface area contributed by atoms with Crippen LogP contribution in [0.15, 0.2) is 86.0 Å². The first-order valence-electron chi connectivity index (χ1n) is 38.4. The van der Waals surface area contributed by atoms with E-state index in [1.54, 1.807) is 22.6 Å². The van der Waals surface area contributed by atoms with E-state index >= 15 is 0 Å². The molecule has 27 nitrogen and oxygen atoms in total. The predicted molar refractivity (Wildman–Crippen MR) is 453 cm³/mol. The second-order valence-electron chi connectivity index (χ2n) is 28.2.